The number of hydrogen-bond donors (Lipinski definition) is 2. The molecule has 0 saturated carbocycles. The van der Waals surface area contributed by atoms with Gasteiger partial charge in [-0.25, -0.2) is 29.9 Å². The zero-order chi connectivity index (χ0) is 61.7. The van der Waals surface area contributed by atoms with Crippen LogP contribution in [0.5, 0.6) is 0 Å². The minimum absolute atomic E-state index is 0.116. The van der Waals surface area contributed by atoms with Crippen molar-refractivity contribution in [2.24, 2.45) is 0 Å². The summed E-state index contributed by atoms with van der Waals surface area (Å²) in [6.45, 7) is 20.1. The van der Waals surface area contributed by atoms with Gasteiger partial charge in [-0.3, -0.25) is 28.3 Å². The van der Waals surface area contributed by atoms with Gasteiger partial charge in [-0.1, -0.05) is 115 Å². The van der Waals surface area contributed by atoms with E-state index in [1.807, 2.05) is 16.9 Å². The number of carbonyl (C=O) groups is 4. The van der Waals surface area contributed by atoms with Gasteiger partial charge in [0.15, 0.2) is 74.2 Å². The number of ether oxygens (including phenoxy) is 6. The van der Waals surface area contributed by atoms with Gasteiger partial charge in [0, 0.05) is 25.0 Å². The first-order valence-electron chi connectivity index (χ1n) is 27.1. The molecule has 23 nitrogen and oxygen atoms in total. The Balaban J connectivity index is 0.000000226. The predicted molar refractivity (Wildman–Crippen MR) is 341 cm³/mol. The highest BCUT2D eigenvalue weighted by Crippen LogP contribution is 2.50. The van der Waals surface area contributed by atoms with E-state index in [2.05, 4.69) is 123 Å². The molecule has 7 heterocycles. The molecular weight excluding hydrogens is 1340 g/mol. The first-order chi connectivity index (χ1) is 40.4. The molecule has 6 aromatic rings. The number of benzene rings is 2. The molecule has 2 aromatic carbocycles. The molecule has 3 aliphatic rings. The standard InChI is InChI=1S/C31H44BrN5O6S2Si2.C23H22BrN5O7S2/c1-17(2)46(18(3)4)39-15-22-24(42-47(43-46,19(5)6)20(7)8)25(41-31(44)45-9)29(40-22)37-27-23(35-30(37)32)26(33-16-34-27)36-28(38)21-13-11-10-12-14-21;1-11(30)33-9-14-16(34-12(2)31)17(36-23(37)38-3)21(35-14)29-19-15(27-22(29)24)18(25-10-26-19)28-20(32)13-7-5-4-6-8-13/h10-14,16-20,22,24-25,29H,15H2,1-9H3,(H,33,34,36,38);4-8,10,14,16-17,21H,9H2,1-3H3,(H,25,26,28,32)/t22-,24+,25?,29-;14-,16+,17?,21-/m11/s1. The van der Waals surface area contributed by atoms with Crippen molar-refractivity contribution in [2.45, 2.75) is 140 Å². The second-order valence-corrected chi connectivity index (χ2v) is 34.1. The first-order valence-corrected chi connectivity index (χ1v) is 35.9. The lowest BCUT2D eigenvalue weighted by Gasteiger charge is -2.51. The van der Waals surface area contributed by atoms with Crippen molar-refractivity contribution >= 4 is 163 Å². The number of thiocarbonyl (C=S) groups is 2. The van der Waals surface area contributed by atoms with Gasteiger partial charge in [0.2, 0.25) is 8.77 Å². The number of thioether (sulfide) groups is 2. The molecule has 2 N–H and O–H groups in total. The van der Waals surface area contributed by atoms with Crippen LogP contribution < -0.4 is 10.6 Å². The first kappa shape index (κ1) is 66.1. The quantitative estimate of drug-likeness (QED) is 0.0419. The Hall–Kier alpha value is -4.91. The number of anilines is 2. The molecule has 4 aromatic heterocycles. The van der Waals surface area contributed by atoms with Crippen LogP contribution in [0, 0.1) is 0 Å². The topological polar surface area (TPSA) is 263 Å². The number of aromatic nitrogens is 8. The summed E-state index contributed by atoms with van der Waals surface area (Å²) < 4.78 is 62.6. The predicted octanol–water partition coefficient (Wildman–Crippen LogP) is 11.0. The van der Waals surface area contributed by atoms with Gasteiger partial charge in [-0.05, 0) is 115 Å². The largest absolute Gasteiger partial charge is 0.468 e. The third-order valence-electron chi connectivity index (χ3n) is 14.4. The van der Waals surface area contributed by atoms with Crippen LogP contribution in [0.25, 0.3) is 22.3 Å². The van der Waals surface area contributed by atoms with E-state index in [9.17, 15) is 19.2 Å². The molecule has 9 rings (SSSR count). The Kier molecular flexibility index (Phi) is 22.1. The number of esters is 2. The fraction of sp³-hybridized carbons (Fsp3) is 0.481. The number of rotatable bonds is 15. The summed E-state index contributed by atoms with van der Waals surface area (Å²) in [6.07, 6.45) is -0.0151. The number of carbonyl (C=O) groups excluding carboxylic acids is 4. The lowest BCUT2D eigenvalue weighted by Crippen LogP contribution is -2.66. The van der Waals surface area contributed by atoms with E-state index in [-0.39, 0.29) is 73.5 Å². The summed E-state index contributed by atoms with van der Waals surface area (Å²) in [5.74, 6) is -1.36. The van der Waals surface area contributed by atoms with E-state index < -0.39 is 78.1 Å². The lowest BCUT2D eigenvalue weighted by atomic mass is 10.1. The number of nitrogens with one attached hydrogen (secondary N) is 2. The third-order valence-corrected chi connectivity index (χ3v) is 27.8. The Labute approximate surface area is 530 Å². The van der Waals surface area contributed by atoms with Crippen molar-refractivity contribution in [3.63, 3.8) is 0 Å². The average Bonchev–Trinajstić information content (AvgIpc) is 1.85. The van der Waals surface area contributed by atoms with Crippen molar-refractivity contribution in [1.29, 1.82) is 0 Å². The minimum atomic E-state index is -2.99. The highest BCUT2D eigenvalue weighted by atomic mass is 79.9. The maximum Gasteiger partial charge on any atom is 0.335 e. The van der Waals surface area contributed by atoms with Crippen molar-refractivity contribution in [2.75, 3.05) is 36.4 Å². The van der Waals surface area contributed by atoms with E-state index in [4.69, 9.17) is 70.8 Å². The van der Waals surface area contributed by atoms with Crippen LogP contribution in [-0.2, 0) is 51.0 Å². The Morgan fingerprint density at radius 1 is 0.647 bits per heavy atom. The van der Waals surface area contributed by atoms with Gasteiger partial charge in [0.05, 0.1) is 6.61 Å². The van der Waals surface area contributed by atoms with Crippen LogP contribution in [0.15, 0.2) is 82.8 Å². The van der Waals surface area contributed by atoms with Gasteiger partial charge < -0.3 is 52.0 Å². The number of fused-ring (bicyclic) bond motifs is 3. The minimum Gasteiger partial charge on any atom is -0.468 e. The summed E-state index contributed by atoms with van der Waals surface area (Å²) in [5, 5.41) is 5.63. The number of nitrogens with zero attached hydrogens (tertiary/aromatic N) is 8. The molecule has 31 heteroatoms. The summed E-state index contributed by atoms with van der Waals surface area (Å²) in [5.41, 5.74) is 2.94. The number of halogens is 2. The fourth-order valence-electron chi connectivity index (χ4n) is 10.4. The van der Waals surface area contributed by atoms with Crippen molar-refractivity contribution in [3.05, 3.63) is 93.9 Å². The van der Waals surface area contributed by atoms with Crippen LogP contribution in [-0.4, -0.2) is 151 Å². The molecule has 456 valence electrons. The molecule has 2 unspecified atom stereocenters. The zero-order valence-corrected chi connectivity index (χ0v) is 57.0. The molecule has 0 spiro atoms. The van der Waals surface area contributed by atoms with Gasteiger partial charge >= 0.3 is 29.1 Å². The highest BCUT2D eigenvalue weighted by molar-refractivity contribution is 9.10. The second kappa shape index (κ2) is 28.5. The SMILES string of the molecule is CSC(=S)OC1[C@@H](OC(C)=O)[C@@H](COC(C)=O)O[C@H]1n1c(Br)nc2c(NC(=O)c3ccccc3)ncnc21.CSC(=S)OC1[C@H]2O[Si](C(C)C)(C(C)C)O[Si](C(C)C)(C(C)C)OC[C@H]2O[C@H]1n1c(Br)nc2c(NC(=O)c3ccccc3)ncnc21. The van der Waals surface area contributed by atoms with Crippen LogP contribution in [0.1, 0.15) is 102 Å². The lowest BCUT2D eigenvalue weighted by molar-refractivity contribution is -0.157. The second-order valence-electron chi connectivity index (χ2n) is 21.1. The van der Waals surface area contributed by atoms with Crippen LogP contribution in [0.3, 0.4) is 0 Å². The molecule has 8 atom stereocenters. The van der Waals surface area contributed by atoms with Gasteiger partial charge in [-0.2, -0.15) is 0 Å². The summed E-state index contributed by atoms with van der Waals surface area (Å²) in [4.78, 5) is 76.0. The summed E-state index contributed by atoms with van der Waals surface area (Å²) in [6, 6.07) is 17.6. The van der Waals surface area contributed by atoms with Gasteiger partial charge in [-0.15, -0.1) is 0 Å². The van der Waals surface area contributed by atoms with Crippen LogP contribution in [0.4, 0.5) is 11.6 Å². The molecule has 0 bridgehead atoms. The third kappa shape index (κ3) is 14.3. The van der Waals surface area contributed by atoms with Crippen LogP contribution >= 0.6 is 79.8 Å². The molecule has 85 heavy (non-hydrogen) atoms. The highest BCUT2D eigenvalue weighted by Gasteiger charge is 2.63. The monoisotopic (exact) mass is 1400 g/mol. The Morgan fingerprint density at radius 3 is 1.54 bits per heavy atom. The number of hydrogen-bond acceptors (Lipinski definition) is 23. The van der Waals surface area contributed by atoms with Crippen molar-refractivity contribution < 1.29 is 60.6 Å². The Bertz CT molecular complexity index is 3400. The molecule has 3 fully saturated rings. The smallest absolute Gasteiger partial charge is 0.335 e. The van der Waals surface area contributed by atoms with Gasteiger partial charge in [0.25, 0.3) is 11.8 Å². The fourth-order valence-corrected chi connectivity index (χ4v) is 23.4. The maximum atomic E-state index is 13.1. The van der Waals surface area contributed by atoms with Crippen LogP contribution in [0.2, 0.25) is 22.2 Å². The van der Waals surface area contributed by atoms with E-state index >= 15 is 0 Å². The summed E-state index contributed by atoms with van der Waals surface area (Å²) in [7, 11) is -5.79. The molecule has 3 aliphatic heterocycles. The maximum absolute atomic E-state index is 13.1. The number of amides is 2. The Morgan fingerprint density at radius 2 is 1.11 bits per heavy atom. The number of imidazole rings is 2. The average molecular weight is 1410 g/mol. The van der Waals surface area contributed by atoms with E-state index in [1.54, 1.807) is 65.4 Å². The molecule has 0 aliphatic carbocycles. The van der Waals surface area contributed by atoms with Gasteiger partial charge in [0.1, 0.15) is 37.6 Å². The molecule has 2 amide bonds. The van der Waals surface area contributed by atoms with E-state index in [0.717, 1.165) is 0 Å². The normalized spacial score (nSPS) is 22.5. The van der Waals surface area contributed by atoms with Crippen molar-refractivity contribution in [1.82, 2.24) is 39.0 Å². The van der Waals surface area contributed by atoms with Crippen molar-refractivity contribution in [3.8, 4) is 0 Å². The molecular formula is C54H66Br2N10O13S4Si2. The molecule has 0 radical (unpaired) electrons. The van der Waals surface area contributed by atoms with E-state index in [1.165, 1.54) is 50.0 Å². The molecule has 3 saturated heterocycles. The zero-order valence-electron chi connectivity index (χ0n) is 48.5. The van der Waals surface area contributed by atoms with E-state index in [0.29, 0.717) is 37.1 Å². The summed E-state index contributed by atoms with van der Waals surface area (Å²) >= 11 is 20.5.